The summed E-state index contributed by atoms with van der Waals surface area (Å²) in [4.78, 5) is 47.7. The van der Waals surface area contributed by atoms with Gasteiger partial charge in [-0.1, -0.05) is 51.2 Å². The maximum absolute atomic E-state index is 12.9. The Kier molecular flexibility index (Phi) is 7.32. The third-order valence-electron chi connectivity index (χ3n) is 4.64. The van der Waals surface area contributed by atoms with Crippen molar-refractivity contribution in [3.8, 4) is 0 Å². The molecule has 1 saturated heterocycles. The van der Waals surface area contributed by atoms with Crippen LogP contribution in [0.15, 0.2) is 20.8 Å². The lowest BCUT2D eigenvalue weighted by atomic mass is 10.0. The number of amides is 2. The van der Waals surface area contributed by atoms with Crippen LogP contribution in [0.3, 0.4) is 0 Å². The van der Waals surface area contributed by atoms with Crippen molar-refractivity contribution >= 4 is 86.4 Å². The van der Waals surface area contributed by atoms with E-state index in [1.54, 1.807) is 0 Å². The molecule has 2 aromatic rings. The summed E-state index contributed by atoms with van der Waals surface area (Å²) in [5, 5.41) is 24.4. The number of thiazole rings is 1. The lowest BCUT2D eigenvalue weighted by Gasteiger charge is -2.49. The van der Waals surface area contributed by atoms with E-state index in [0.29, 0.717) is 21.4 Å². The Morgan fingerprint density at radius 3 is 2.76 bits per heavy atom. The molecule has 2 aliphatic rings. The van der Waals surface area contributed by atoms with Gasteiger partial charge in [0.1, 0.15) is 39.3 Å². The van der Waals surface area contributed by atoms with Crippen LogP contribution in [-0.2, 0) is 19.2 Å². The SMILES string of the molecule is CON=C(C(=O)NC1C(=O)N2C(C(=O)O)=C(CSc3nnc(C)s3)CS[C@@H]12)c1nc(N)sc1Cl. The first-order valence-electron chi connectivity index (χ1n) is 9.38. The first-order chi connectivity index (χ1) is 16.2. The smallest absolute Gasteiger partial charge is 0.352 e. The number of fused-ring (bicyclic) bond motifs is 1. The highest BCUT2D eigenvalue weighted by atomic mass is 35.5. The van der Waals surface area contributed by atoms with Gasteiger partial charge in [0.25, 0.3) is 11.8 Å². The van der Waals surface area contributed by atoms with Crippen LogP contribution in [0.25, 0.3) is 0 Å². The lowest BCUT2D eigenvalue weighted by Crippen LogP contribution is -2.71. The Bertz CT molecular complexity index is 1230. The molecule has 2 aromatic heterocycles. The first kappa shape index (κ1) is 24.7. The Morgan fingerprint density at radius 1 is 1.41 bits per heavy atom. The maximum atomic E-state index is 12.9. The number of nitrogens with two attached hydrogens (primary N) is 1. The summed E-state index contributed by atoms with van der Waals surface area (Å²) in [6.07, 6.45) is 0. The molecule has 4 rings (SSSR count). The zero-order valence-electron chi connectivity index (χ0n) is 17.5. The van der Waals surface area contributed by atoms with Gasteiger partial charge in [-0.2, -0.15) is 0 Å². The number of β-lactam (4-membered cyclic amide) rings is 1. The molecule has 12 nitrogen and oxygen atoms in total. The van der Waals surface area contributed by atoms with E-state index in [0.717, 1.165) is 16.3 Å². The van der Waals surface area contributed by atoms with Crippen molar-refractivity contribution in [3.05, 3.63) is 26.3 Å². The van der Waals surface area contributed by atoms with Gasteiger partial charge in [0.05, 0.1) is 0 Å². The molecular weight excluding hydrogens is 546 g/mol. The molecule has 2 aliphatic heterocycles. The summed E-state index contributed by atoms with van der Waals surface area (Å²) in [6.45, 7) is 1.83. The highest BCUT2D eigenvalue weighted by molar-refractivity contribution is 8.01. The molecule has 17 heteroatoms. The van der Waals surface area contributed by atoms with Gasteiger partial charge in [-0.3, -0.25) is 14.5 Å². The average Bonchev–Trinajstić information content (AvgIpc) is 3.36. The number of carboxylic acid groups (broad SMARTS) is 1. The second-order valence-electron chi connectivity index (χ2n) is 6.79. The van der Waals surface area contributed by atoms with Crippen molar-refractivity contribution in [1.82, 2.24) is 25.4 Å². The highest BCUT2D eigenvalue weighted by Gasteiger charge is 2.54. The van der Waals surface area contributed by atoms with Crippen LogP contribution < -0.4 is 11.1 Å². The van der Waals surface area contributed by atoms with E-state index in [4.69, 9.17) is 22.2 Å². The van der Waals surface area contributed by atoms with Crippen molar-refractivity contribution < 1.29 is 24.3 Å². The fourth-order valence-corrected chi connectivity index (χ4v) is 7.47. The number of carboxylic acids is 1. The summed E-state index contributed by atoms with van der Waals surface area (Å²) >= 11 is 11.2. The molecule has 1 unspecified atom stereocenters. The number of aromatic nitrogens is 3. The largest absolute Gasteiger partial charge is 0.477 e. The van der Waals surface area contributed by atoms with Crippen LogP contribution in [0.4, 0.5) is 5.13 Å². The van der Waals surface area contributed by atoms with E-state index in [1.165, 1.54) is 46.9 Å². The summed E-state index contributed by atoms with van der Waals surface area (Å²) in [5.41, 5.74) is 5.95. The van der Waals surface area contributed by atoms with Gasteiger partial charge < -0.3 is 21.0 Å². The molecular formula is C17H16ClN7O5S4. The first-order valence-corrected chi connectivity index (χ1v) is 13.4. The average molecular weight is 562 g/mol. The number of aliphatic carboxylic acids is 1. The number of hydrogen-bond donors (Lipinski definition) is 3. The second kappa shape index (κ2) is 10.1. The van der Waals surface area contributed by atoms with Crippen molar-refractivity contribution in [2.75, 3.05) is 24.3 Å². The number of rotatable bonds is 8. The Hall–Kier alpha value is -2.40. The monoisotopic (exact) mass is 561 g/mol. The molecule has 34 heavy (non-hydrogen) atoms. The predicted octanol–water partition coefficient (Wildman–Crippen LogP) is 1.42. The molecule has 0 aromatic carbocycles. The van der Waals surface area contributed by atoms with Crippen molar-refractivity contribution in [2.45, 2.75) is 22.7 Å². The number of aryl methyl sites for hydroxylation is 1. The third-order valence-corrected chi connectivity index (χ3v) is 9.12. The number of halogens is 1. The van der Waals surface area contributed by atoms with E-state index in [1.807, 2.05) is 6.92 Å². The molecule has 0 radical (unpaired) electrons. The molecule has 4 heterocycles. The van der Waals surface area contributed by atoms with E-state index in [9.17, 15) is 19.5 Å². The predicted molar refractivity (Wildman–Crippen MR) is 130 cm³/mol. The van der Waals surface area contributed by atoms with Crippen LogP contribution in [0, 0.1) is 6.92 Å². The van der Waals surface area contributed by atoms with Gasteiger partial charge in [0.15, 0.2) is 15.2 Å². The molecule has 0 aliphatic carbocycles. The number of hydrogen-bond acceptors (Lipinski definition) is 13. The van der Waals surface area contributed by atoms with Gasteiger partial charge in [-0.25, -0.2) is 9.78 Å². The molecule has 0 saturated carbocycles. The van der Waals surface area contributed by atoms with Crippen LogP contribution in [0.2, 0.25) is 4.34 Å². The second-order valence-corrected chi connectivity index (χ2v) is 11.9. The fraction of sp³-hybridized carbons (Fsp3) is 0.353. The zero-order chi connectivity index (χ0) is 24.6. The lowest BCUT2D eigenvalue weighted by molar-refractivity contribution is -0.150. The minimum Gasteiger partial charge on any atom is -0.477 e. The van der Waals surface area contributed by atoms with Crippen LogP contribution in [0.1, 0.15) is 10.7 Å². The number of oxime groups is 1. The van der Waals surface area contributed by atoms with Crippen LogP contribution >= 0.6 is 57.8 Å². The Morgan fingerprint density at radius 2 is 2.18 bits per heavy atom. The standard InChI is InChI=1S/C17H16ClN7O5S4/c1-5-22-23-17(33-5)32-4-6-3-31-14-9(13(27)25(14)10(6)15(28)29)20-12(26)8(24-30-2)7-11(18)34-16(19)21-7/h9,14H,3-4H2,1-2H3,(H2,19,21)(H,20,26)(H,28,29)/t9?,14-/m0/s1. The minimum absolute atomic E-state index is 0.0285. The summed E-state index contributed by atoms with van der Waals surface area (Å²) in [5.74, 6) is -1.77. The number of nitrogens with one attached hydrogen (secondary N) is 1. The Labute approximate surface area is 214 Å². The minimum atomic E-state index is -1.21. The molecule has 180 valence electrons. The van der Waals surface area contributed by atoms with E-state index in [-0.39, 0.29) is 26.6 Å². The fourth-order valence-electron chi connectivity index (χ4n) is 3.24. The van der Waals surface area contributed by atoms with Gasteiger partial charge in [-0.05, 0) is 12.5 Å². The van der Waals surface area contributed by atoms with Gasteiger partial charge >= 0.3 is 5.97 Å². The van der Waals surface area contributed by atoms with Gasteiger partial charge in [-0.15, -0.1) is 22.0 Å². The molecule has 0 bridgehead atoms. The number of thioether (sulfide) groups is 2. The Balaban J connectivity index is 1.50. The van der Waals surface area contributed by atoms with Crippen molar-refractivity contribution in [3.63, 3.8) is 0 Å². The van der Waals surface area contributed by atoms with E-state index in [2.05, 4.69) is 25.7 Å². The van der Waals surface area contributed by atoms with Gasteiger partial charge in [0.2, 0.25) is 0 Å². The van der Waals surface area contributed by atoms with E-state index >= 15 is 0 Å². The highest BCUT2D eigenvalue weighted by Crippen LogP contribution is 2.42. The number of nitrogen functional groups attached to an aromatic ring is 1. The van der Waals surface area contributed by atoms with Crippen LogP contribution in [0.5, 0.6) is 0 Å². The molecule has 2 amide bonds. The number of nitrogens with zero attached hydrogens (tertiary/aromatic N) is 5. The molecule has 4 N–H and O–H groups in total. The number of carbonyl (C=O) groups excluding carboxylic acids is 2. The topological polar surface area (TPSA) is 173 Å². The summed E-state index contributed by atoms with van der Waals surface area (Å²) in [6, 6.07) is -0.955. The third kappa shape index (κ3) is 4.72. The zero-order valence-corrected chi connectivity index (χ0v) is 21.5. The summed E-state index contributed by atoms with van der Waals surface area (Å²) < 4.78 is 0.856. The molecule has 2 atom stereocenters. The van der Waals surface area contributed by atoms with E-state index < -0.39 is 29.2 Å². The normalized spacial score (nSPS) is 20.1. The molecule has 1 fully saturated rings. The maximum Gasteiger partial charge on any atom is 0.352 e. The molecule has 0 spiro atoms. The number of anilines is 1. The number of carbonyl (C=O) groups is 3. The van der Waals surface area contributed by atoms with Gasteiger partial charge in [0, 0.05) is 11.5 Å². The summed E-state index contributed by atoms with van der Waals surface area (Å²) in [7, 11) is 1.25. The van der Waals surface area contributed by atoms with Crippen molar-refractivity contribution in [1.29, 1.82) is 0 Å². The van der Waals surface area contributed by atoms with Crippen LogP contribution in [-0.4, -0.2) is 78.7 Å². The quantitative estimate of drug-likeness (QED) is 0.184. The van der Waals surface area contributed by atoms with Crippen molar-refractivity contribution in [2.24, 2.45) is 5.16 Å².